The highest BCUT2D eigenvalue weighted by atomic mass is 19.4. The molecule has 0 aliphatic carbocycles. The first kappa shape index (κ1) is 17.5. The summed E-state index contributed by atoms with van der Waals surface area (Å²) in [5.41, 5.74) is -0.362. The Kier molecular flexibility index (Phi) is 4.91. The summed E-state index contributed by atoms with van der Waals surface area (Å²) in [7, 11) is 1.48. The van der Waals surface area contributed by atoms with Gasteiger partial charge in [0.15, 0.2) is 5.69 Å². The first-order valence-electron chi connectivity index (χ1n) is 6.94. The van der Waals surface area contributed by atoms with Crippen LogP contribution in [0.2, 0.25) is 0 Å². The van der Waals surface area contributed by atoms with E-state index in [4.69, 9.17) is 0 Å². The molecular weight excluding hydrogens is 325 g/mol. The molecule has 24 heavy (non-hydrogen) atoms. The largest absolute Gasteiger partial charge is 0.435 e. The predicted octanol–water partition coefficient (Wildman–Crippen LogP) is 2.21. The summed E-state index contributed by atoms with van der Waals surface area (Å²) in [5, 5.41) is 8.36. The molecule has 0 atom stereocenters. The van der Waals surface area contributed by atoms with Crippen LogP contribution in [0, 0.1) is 6.92 Å². The second kappa shape index (κ2) is 6.73. The topological polar surface area (TPSA) is 76.0 Å². The third-order valence-corrected chi connectivity index (χ3v) is 3.15. The van der Waals surface area contributed by atoms with E-state index < -0.39 is 17.8 Å². The van der Waals surface area contributed by atoms with E-state index in [2.05, 4.69) is 15.7 Å². The van der Waals surface area contributed by atoms with Crippen molar-refractivity contribution in [3.05, 3.63) is 47.3 Å². The van der Waals surface area contributed by atoms with Gasteiger partial charge in [0.25, 0.3) is 5.91 Å². The number of anilines is 1. The Morgan fingerprint density at radius 2 is 2.00 bits per heavy atom. The van der Waals surface area contributed by atoms with Crippen molar-refractivity contribution in [2.24, 2.45) is 0 Å². The van der Waals surface area contributed by atoms with Gasteiger partial charge >= 0.3 is 6.18 Å². The Balaban J connectivity index is 2.08. The molecule has 1 heterocycles. The molecule has 0 saturated carbocycles. The van der Waals surface area contributed by atoms with Crippen LogP contribution in [-0.4, -0.2) is 28.6 Å². The average Bonchev–Trinajstić information content (AvgIpc) is 2.87. The van der Waals surface area contributed by atoms with Crippen LogP contribution < -0.4 is 10.6 Å². The van der Waals surface area contributed by atoms with Gasteiger partial charge in [0.05, 0.1) is 0 Å². The number of nitrogens with one attached hydrogen (secondary N) is 2. The van der Waals surface area contributed by atoms with E-state index in [1.54, 1.807) is 18.2 Å². The molecule has 0 spiro atoms. The van der Waals surface area contributed by atoms with Gasteiger partial charge in [0, 0.05) is 24.5 Å². The lowest BCUT2D eigenvalue weighted by Gasteiger charge is -2.07. The molecule has 6 nitrogen and oxygen atoms in total. The molecule has 2 N–H and O–H groups in total. The van der Waals surface area contributed by atoms with Crippen molar-refractivity contribution in [2.45, 2.75) is 19.6 Å². The summed E-state index contributed by atoms with van der Waals surface area (Å²) < 4.78 is 39.0. The van der Waals surface area contributed by atoms with E-state index in [1.165, 1.54) is 20.0 Å². The van der Waals surface area contributed by atoms with Gasteiger partial charge < -0.3 is 10.6 Å². The Bertz CT molecular complexity index is 768. The molecule has 0 unspecified atom stereocenters. The summed E-state index contributed by atoms with van der Waals surface area (Å²) in [4.78, 5) is 23.5. The fourth-order valence-electron chi connectivity index (χ4n) is 2.11. The zero-order valence-electron chi connectivity index (χ0n) is 12.9. The summed E-state index contributed by atoms with van der Waals surface area (Å²) >= 11 is 0. The number of benzene rings is 1. The first-order chi connectivity index (χ1) is 11.2. The molecule has 1 aromatic heterocycles. The van der Waals surface area contributed by atoms with Gasteiger partial charge in [-0.25, -0.2) is 0 Å². The van der Waals surface area contributed by atoms with Crippen LogP contribution >= 0.6 is 0 Å². The number of carbonyl (C=O) groups is 2. The van der Waals surface area contributed by atoms with Gasteiger partial charge in [-0.05, 0) is 30.7 Å². The van der Waals surface area contributed by atoms with E-state index in [9.17, 15) is 22.8 Å². The Morgan fingerprint density at radius 3 is 2.58 bits per heavy atom. The minimum atomic E-state index is -4.56. The number of alkyl halides is 3. The molecule has 1 aromatic carbocycles. The third-order valence-electron chi connectivity index (χ3n) is 3.15. The molecule has 9 heteroatoms. The van der Waals surface area contributed by atoms with Crippen molar-refractivity contribution in [1.29, 1.82) is 0 Å². The number of carbonyl (C=O) groups excluding carboxylic acids is 2. The first-order valence-corrected chi connectivity index (χ1v) is 6.94. The second-order valence-corrected chi connectivity index (χ2v) is 5.06. The fourth-order valence-corrected chi connectivity index (χ4v) is 2.11. The van der Waals surface area contributed by atoms with Gasteiger partial charge in [-0.1, -0.05) is 6.07 Å². The number of hydrogen-bond acceptors (Lipinski definition) is 3. The van der Waals surface area contributed by atoms with Gasteiger partial charge in [-0.3, -0.25) is 14.3 Å². The summed E-state index contributed by atoms with van der Waals surface area (Å²) in [6.45, 7) is 0.901. The van der Waals surface area contributed by atoms with Crippen molar-refractivity contribution in [2.75, 3.05) is 12.4 Å². The van der Waals surface area contributed by atoms with Crippen molar-refractivity contribution in [1.82, 2.24) is 15.1 Å². The minimum absolute atomic E-state index is 0.0584. The van der Waals surface area contributed by atoms with Crippen LogP contribution in [0.25, 0.3) is 0 Å². The molecule has 0 radical (unpaired) electrons. The standard InChI is InChI=1S/C15H15F3N4O2/c1-9-7-22(21-13(9)15(16,17)18)8-12(23)20-11-5-3-4-10(6-11)14(24)19-2/h3-7H,8H2,1-2H3,(H,19,24)(H,20,23). The molecule has 2 rings (SSSR count). The van der Waals surface area contributed by atoms with E-state index in [1.807, 2.05) is 0 Å². The minimum Gasteiger partial charge on any atom is -0.355 e. The lowest BCUT2D eigenvalue weighted by molar-refractivity contribution is -0.142. The molecule has 2 aromatic rings. The van der Waals surface area contributed by atoms with E-state index >= 15 is 0 Å². The van der Waals surface area contributed by atoms with Gasteiger partial charge in [0.2, 0.25) is 5.91 Å². The quantitative estimate of drug-likeness (QED) is 0.896. The van der Waals surface area contributed by atoms with Crippen LogP contribution in [0.4, 0.5) is 18.9 Å². The smallest absolute Gasteiger partial charge is 0.355 e. The van der Waals surface area contributed by atoms with E-state index in [0.717, 1.165) is 10.9 Å². The van der Waals surface area contributed by atoms with Crippen molar-refractivity contribution in [3.63, 3.8) is 0 Å². The summed E-state index contributed by atoms with van der Waals surface area (Å²) in [5.74, 6) is -0.871. The maximum atomic E-state index is 12.7. The maximum absolute atomic E-state index is 12.7. The monoisotopic (exact) mass is 340 g/mol. The highest BCUT2D eigenvalue weighted by Gasteiger charge is 2.36. The van der Waals surface area contributed by atoms with Gasteiger partial charge in [-0.2, -0.15) is 18.3 Å². The Morgan fingerprint density at radius 1 is 1.29 bits per heavy atom. The van der Waals surface area contributed by atoms with Gasteiger partial charge in [-0.15, -0.1) is 0 Å². The third kappa shape index (κ3) is 4.12. The number of rotatable bonds is 4. The number of hydrogen-bond donors (Lipinski definition) is 2. The second-order valence-electron chi connectivity index (χ2n) is 5.06. The number of halogens is 3. The lowest BCUT2D eigenvalue weighted by atomic mass is 10.2. The lowest BCUT2D eigenvalue weighted by Crippen LogP contribution is -2.21. The van der Waals surface area contributed by atoms with Crippen LogP contribution in [0.1, 0.15) is 21.6 Å². The highest BCUT2D eigenvalue weighted by Crippen LogP contribution is 2.30. The normalized spacial score (nSPS) is 11.2. The van der Waals surface area contributed by atoms with Crippen molar-refractivity contribution in [3.8, 4) is 0 Å². The Hall–Kier alpha value is -2.84. The molecule has 0 aliphatic rings. The van der Waals surface area contributed by atoms with Crippen LogP contribution in [0.3, 0.4) is 0 Å². The predicted molar refractivity (Wildman–Crippen MR) is 80.4 cm³/mol. The van der Waals surface area contributed by atoms with Crippen LogP contribution in [0.5, 0.6) is 0 Å². The molecule has 128 valence electrons. The van der Waals surface area contributed by atoms with E-state index in [-0.39, 0.29) is 18.0 Å². The summed E-state index contributed by atoms with van der Waals surface area (Å²) in [6, 6.07) is 6.19. The number of aromatic nitrogens is 2. The zero-order chi connectivity index (χ0) is 17.9. The molecule has 0 saturated heterocycles. The fraction of sp³-hybridized carbons (Fsp3) is 0.267. The molecule has 0 fully saturated rings. The maximum Gasteiger partial charge on any atom is 0.435 e. The number of nitrogens with zero attached hydrogens (tertiary/aromatic N) is 2. The van der Waals surface area contributed by atoms with Crippen LogP contribution in [-0.2, 0) is 17.5 Å². The van der Waals surface area contributed by atoms with Gasteiger partial charge in [0.1, 0.15) is 6.54 Å². The average molecular weight is 340 g/mol. The molecule has 0 aliphatic heterocycles. The molecular formula is C15H15F3N4O2. The van der Waals surface area contributed by atoms with Crippen molar-refractivity contribution < 1.29 is 22.8 Å². The highest BCUT2D eigenvalue weighted by molar-refractivity contribution is 5.96. The number of amides is 2. The molecule has 0 bridgehead atoms. The SMILES string of the molecule is CNC(=O)c1cccc(NC(=O)Cn2cc(C)c(C(F)(F)F)n2)c1. The zero-order valence-corrected chi connectivity index (χ0v) is 12.9. The van der Waals surface area contributed by atoms with Crippen molar-refractivity contribution >= 4 is 17.5 Å². The summed E-state index contributed by atoms with van der Waals surface area (Å²) in [6.07, 6.45) is -3.41. The molecule has 2 amide bonds. The van der Waals surface area contributed by atoms with E-state index in [0.29, 0.717) is 11.3 Å². The van der Waals surface area contributed by atoms with Crippen LogP contribution in [0.15, 0.2) is 30.5 Å². The Labute approximate surface area is 135 Å². The number of aryl methyl sites for hydroxylation is 1.